The number of nitrogens with one attached hydrogen (secondary N) is 1. The number of anilines is 1. The maximum Gasteiger partial charge on any atom is 0.237 e. The first-order chi connectivity index (χ1) is 8.01. The Hall–Kier alpha value is -1.85. The highest BCUT2D eigenvalue weighted by atomic mass is 79.9. The van der Waals surface area contributed by atoms with E-state index in [2.05, 4.69) is 26.5 Å². The van der Waals surface area contributed by atoms with Crippen molar-refractivity contribution in [2.75, 3.05) is 5.43 Å². The van der Waals surface area contributed by atoms with Crippen molar-refractivity contribution in [3.05, 3.63) is 27.2 Å². The third-order valence-electron chi connectivity index (χ3n) is 2.37. The molecular weight excluding hydrogens is 280 g/mol. The molecule has 0 aliphatic heterocycles. The van der Waals surface area contributed by atoms with Gasteiger partial charge in [0.15, 0.2) is 0 Å². The van der Waals surface area contributed by atoms with Crippen LogP contribution in [0.25, 0.3) is 0 Å². The second-order valence-electron chi connectivity index (χ2n) is 3.62. The number of halogens is 1. The summed E-state index contributed by atoms with van der Waals surface area (Å²) in [7, 11) is 0. The summed E-state index contributed by atoms with van der Waals surface area (Å²) >= 11 is 3.49. The van der Waals surface area contributed by atoms with Gasteiger partial charge in [-0.25, -0.2) is 0 Å². The highest BCUT2D eigenvalue weighted by Crippen LogP contribution is 2.30. The SMILES string of the molecule is Cc1cc(C)c(NN=C(C#N)C#N)c(C)c1Br. The third kappa shape index (κ3) is 2.83. The Morgan fingerprint density at radius 3 is 2.35 bits per heavy atom. The van der Waals surface area contributed by atoms with Crippen LogP contribution in [0.5, 0.6) is 0 Å². The van der Waals surface area contributed by atoms with Crippen LogP contribution in [0.15, 0.2) is 15.6 Å². The van der Waals surface area contributed by atoms with Gasteiger partial charge in [0.05, 0.1) is 5.69 Å². The number of hydrazone groups is 1. The maximum absolute atomic E-state index is 8.59. The average Bonchev–Trinajstić information content (AvgIpc) is 2.31. The molecule has 0 saturated carbocycles. The molecule has 1 aromatic carbocycles. The van der Waals surface area contributed by atoms with Crippen molar-refractivity contribution in [2.45, 2.75) is 20.8 Å². The first kappa shape index (κ1) is 13.2. The fourth-order valence-electron chi connectivity index (χ4n) is 1.52. The third-order valence-corrected chi connectivity index (χ3v) is 3.59. The second-order valence-corrected chi connectivity index (χ2v) is 4.41. The van der Waals surface area contributed by atoms with Crippen LogP contribution in [0.1, 0.15) is 16.7 Å². The fraction of sp³-hybridized carbons (Fsp3) is 0.250. The topological polar surface area (TPSA) is 72.0 Å². The summed E-state index contributed by atoms with van der Waals surface area (Å²) < 4.78 is 0.997. The van der Waals surface area contributed by atoms with Gasteiger partial charge in [-0.2, -0.15) is 15.6 Å². The van der Waals surface area contributed by atoms with E-state index in [1.165, 1.54) is 0 Å². The van der Waals surface area contributed by atoms with E-state index >= 15 is 0 Å². The first-order valence-electron chi connectivity index (χ1n) is 4.91. The van der Waals surface area contributed by atoms with E-state index < -0.39 is 0 Å². The largest absolute Gasteiger partial charge is 0.276 e. The van der Waals surface area contributed by atoms with E-state index in [9.17, 15) is 0 Å². The molecule has 4 nitrogen and oxygen atoms in total. The smallest absolute Gasteiger partial charge is 0.237 e. The van der Waals surface area contributed by atoms with Crippen molar-refractivity contribution < 1.29 is 0 Å². The van der Waals surface area contributed by atoms with Gasteiger partial charge in [0.1, 0.15) is 12.1 Å². The summed E-state index contributed by atoms with van der Waals surface area (Å²) in [4.78, 5) is 0. The van der Waals surface area contributed by atoms with Crippen molar-refractivity contribution in [2.24, 2.45) is 5.10 Å². The van der Waals surface area contributed by atoms with Gasteiger partial charge in [0.2, 0.25) is 5.71 Å². The monoisotopic (exact) mass is 290 g/mol. The normalized spacial score (nSPS) is 9.06. The highest BCUT2D eigenvalue weighted by molar-refractivity contribution is 9.10. The van der Waals surface area contributed by atoms with Crippen LogP contribution in [-0.2, 0) is 0 Å². The molecule has 5 heteroatoms. The summed E-state index contributed by atoms with van der Waals surface area (Å²) in [6.45, 7) is 5.90. The van der Waals surface area contributed by atoms with Crippen molar-refractivity contribution in [3.63, 3.8) is 0 Å². The molecule has 0 aliphatic rings. The predicted molar refractivity (Wildman–Crippen MR) is 70.6 cm³/mol. The molecule has 0 fully saturated rings. The zero-order chi connectivity index (χ0) is 13.0. The van der Waals surface area contributed by atoms with E-state index in [0.29, 0.717) is 0 Å². The van der Waals surface area contributed by atoms with Gasteiger partial charge in [-0.05, 0) is 37.5 Å². The van der Waals surface area contributed by atoms with Crippen molar-refractivity contribution in [3.8, 4) is 12.1 Å². The lowest BCUT2D eigenvalue weighted by Gasteiger charge is -2.12. The molecule has 0 saturated heterocycles. The number of benzene rings is 1. The second kappa shape index (κ2) is 5.47. The predicted octanol–water partition coefficient (Wildman–Crippen LogP) is 3.19. The molecule has 0 aliphatic carbocycles. The van der Waals surface area contributed by atoms with E-state index in [-0.39, 0.29) is 5.71 Å². The molecule has 0 bridgehead atoms. The molecule has 86 valence electrons. The van der Waals surface area contributed by atoms with Gasteiger partial charge in [0, 0.05) is 4.47 Å². The minimum absolute atomic E-state index is 0.194. The number of aryl methyl sites for hydroxylation is 2. The van der Waals surface area contributed by atoms with E-state index in [0.717, 1.165) is 26.9 Å². The van der Waals surface area contributed by atoms with Crippen LogP contribution in [-0.4, -0.2) is 5.71 Å². The number of rotatable bonds is 2. The standard InChI is InChI=1S/C12H11BrN4/c1-7-4-8(2)12(9(3)11(7)13)17-16-10(5-14)6-15/h4,17H,1-3H3. The van der Waals surface area contributed by atoms with Gasteiger partial charge in [-0.1, -0.05) is 22.0 Å². The molecule has 0 atom stereocenters. The summed E-state index contributed by atoms with van der Waals surface area (Å²) in [6, 6.07) is 5.41. The van der Waals surface area contributed by atoms with Gasteiger partial charge in [0.25, 0.3) is 0 Å². The number of nitriles is 2. The Kier molecular flexibility index (Phi) is 4.25. The maximum atomic E-state index is 8.59. The van der Waals surface area contributed by atoms with Gasteiger partial charge in [-0.3, -0.25) is 5.43 Å². The van der Waals surface area contributed by atoms with E-state index in [1.807, 2.05) is 26.8 Å². The molecule has 17 heavy (non-hydrogen) atoms. The van der Waals surface area contributed by atoms with Crippen molar-refractivity contribution in [1.82, 2.24) is 0 Å². The van der Waals surface area contributed by atoms with Crippen molar-refractivity contribution in [1.29, 1.82) is 10.5 Å². The Labute approximate surface area is 109 Å². The molecule has 0 aromatic heterocycles. The Morgan fingerprint density at radius 1 is 1.24 bits per heavy atom. The zero-order valence-corrected chi connectivity index (χ0v) is 11.4. The van der Waals surface area contributed by atoms with Crippen LogP contribution >= 0.6 is 15.9 Å². The molecule has 0 unspecified atom stereocenters. The van der Waals surface area contributed by atoms with E-state index in [4.69, 9.17) is 10.5 Å². The zero-order valence-electron chi connectivity index (χ0n) is 9.80. The number of nitrogens with zero attached hydrogens (tertiary/aromatic N) is 3. The average molecular weight is 291 g/mol. The molecule has 0 heterocycles. The van der Waals surface area contributed by atoms with Crippen LogP contribution in [0.3, 0.4) is 0 Å². The summed E-state index contributed by atoms with van der Waals surface area (Å²) in [5.41, 5.74) is 6.53. The molecule has 1 rings (SSSR count). The van der Waals surface area contributed by atoms with Gasteiger partial charge in [-0.15, -0.1) is 0 Å². The van der Waals surface area contributed by atoms with Crippen LogP contribution < -0.4 is 5.43 Å². The minimum Gasteiger partial charge on any atom is -0.276 e. The number of hydrogen-bond acceptors (Lipinski definition) is 4. The Bertz CT molecular complexity index is 545. The summed E-state index contributed by atoms with van der Waals surface area (Å²) in [5.74, 6) is 0. The molecule has 0 spiro atoms. The first-order valence-corrected chi connectivity index (χ1v) is 5.70. The van der Waals surface area contributed by atoms with E-state index in [1.54, 1.807) is 12.1 Å². The lowest BCUT2D eigenvalue weighted by Crippen LogP contribution is -2.01. The van der Waals surface area contributed by atoms with Crippen LogP contribution in [0.2, 0.25) is 0 Å². The van der Waals surface area contributed by atoms with Gasteiger partial charge < -0.3 is 0 Å². The number of hydrogen-bond donors (Lipinski definition) is 1. The fourth-order valence-corrected chi connectivity index (χ4v) is 1.83. The molecule has 0 radical (unpaired) electrons. The molecule has 0 amide bonds. The Balaban J connectivity index is 3.18. The lowest BCUT2D eigenvalue weighted by atomic mass is 10.1. The quantitative estimate of drug-likeness (QED) is 0.671. The minimum atomic E-state index is -0.194. The van der Waals surface area contributed by atoms with Crippen molar-refractivity contribution >= 4 is 27.3 Å². The molecule has 1 N–H and O–H groups in total. The lowest BCUT2D eigenvalue weighted by molar-refractivity contribution is 1.23. The molecular formula is C12H11BrN4. The Morgan fingerprint density at radius 2 is 1.82 bits per heavy atom. The van der Waals surface area contributed by atoms with Crippen LogP contribution in [0.4, 0.5) is 5.69 Å². The van der Waals surface area contributed by atoms with Gasteiger partial charge >= 0.3 is 0 Å². The summed E-state index contributed by atoms with van der Waals surface area (Å²) in [6.07, 6.45) is 0. The highest BCUT2D eigenvalue weighted by Gasteiger charge is 2.08. The molecule has 1 aromatic rings. The van der Waals surface area contributed by atoms with Crippen LogP contribution in [0, 0.1) is 43.4 Å². The summed E-state index contributed by atoms with van der Waals surface area (Å²) in [5, 5.41) is 20.9.